The van der Waals surface area contributed by atoms with Crippen molar-refractivity contribution in [3.05, 3.63) is 47.5 Å². The van der Waals surface area contributed by atoms with Gasteiger partial charge in [-0.1, -0.05) is 6.07 Å². The van der Waals surface area contributed by atoms with Crippen molar-refractivity contribution in [3.63, 3.8) is 0 Å². The summed E-state index contributed by atoms with van der Waals surface area (Å²) in [6, 6.07) is 10.2. The van der Waals surface area contributed by atoms with E-state index in [0.717, 1.165) is 24.8 Å². The van der Waals surface area contributed by atoms with E-state index in [1.165, 1.54) is 12.7 Å². The fraction of sp³-hybridized carbons (Fsp3) is 0.316. The molecular formula is C19H22N2O4S. The van der Waals surface area contributed by atoms with Crippen LogP contribution in [0.15, 0.2) is 41.3 Å². The van der Waals surface area contributed by atoms with Crippen LogP contribution in [0.25, 0.3) is 0 Å². The van der Waals surface area contributed by atoms with Crippen LogP contribution in [0, 0.1) is 0 Å². The van der Waals surface area contributed by atoms with Crippen LogP contribution >= 0.6 is 0 Å². The number of hydrogen-bond donors (Lipinski definition) is 2. The van der Waals surface area contributed by atoms with E-state index in [-0.39, 0.29) is 17.1 Å². The number of rotatable bonds is 6. The van der Waals surface area contributed by atoms with Crippen molar-refractivity contribution in [1.82, 2.24) is 0 Å². The lowest BCUT2D eigenvalue weighted by atomic mass is 10.1. The first-order valence-corrected chi connectivity index (χ1v) is 10.1. The van der Waals surface area contributed by atoms with Crippen molar-refractivity contribution >= 4 is 27.1 Å². The number of anilines is 2. The number of ether oxygens (including phenoxy) is 1. The molecule has 0 atom stereocenters. The van der Waals surface area contributed by atoms with Gasteiger partial charge in [-0.25, -0.2) is 8.42 Å². The molecule has 0 saturated carbocycles. The number of carbonyl (C=O) groups excluding carboxylic acids is 1. The van der Waals surface area contributed by atoms with Gasteiger partial charge in [-0.2, -0.15) is 0 Å². The minimum atomic E-state index is -3.51. The summed E-state index contributed by atoms with van der Waals surface area (Å²) in [5.41, 5.74) is 8.94. The molecule has 1 amide bonds. The molecule has 0 unspecified atom stereocenters. The SMILES string of the molecule is COc1ccc(N)c(NC(=O)CCS(=O)(=O)c2ccc3c(c2)CCC3)c1. The number of aryl methyl sites for hydroxylation is 2. The summed E-state index contributed by atoms with van der Waals surface area (Å²) in [6.45, 7) is 0. The Labute approximate surface area is 153 Å². The normalized spacial score (nSPS) is 13.3. The molecule has 2 aromatic carbocycles. The van der Waals surface area contributed by atoms with Crippen molar-refractivity contribution < 1.29 is 17.9 Å². The standard InChI is InChI=1S/C19H22N2O4S/c1-25-15-6-8-17(20)18(12-15)21-19(22)9-10-26(23,24)16-7-5-13-3-2-4-14(13)11-16/h5-8,11-12H,2-4,9-10,20H2,1H3,(H,21,22). The van der Waals surface area contributed by atoms with Gasteiger partial charge in [0, 0.05) is 12.5 Å². The Morgan fingerprint density at radius 1 is 1.15 bits per heavy atom. The van der Waals surface area contributed by atoms with E-state index in [1.807, 2.05) is 6.07 Å². The summed E-state index contributed by atoms with van der Waals surface area (Å²) in [5.74, 6) is -0.100. The van der Waals surface area contributed by atoms with Crippen LogP contribution < -0.4 is 15.8 Å². The predicted octanol–water partition coefficient (Wildman–Crippen LogP) is 2.57. The first kappa shape index (κ1) is 18.3. The largest absolute Gasteiger partial charge is 0.497 e. The van der Waals surface area contributed by atoms with Crippen LogP contribution in [0.5, 0.6) is 5.75 Å². The average Bonchev–Trinajstić information content (AvgIpc) is 3.10. The summed E-state index contributed by atoms with van der Waals surface area (Å²) in [6.07, 6.45) is 2.83. The highest BCUT2D eigenvalue weighted by Crippen LogP contribution is 2.26. The van der Waals surface area contributed by atoms with Crippen LogP contribution in [0.1, 0.15) is 24.0 Å². The number of sulfone groups is 1. The van der Waals surface area contributed by atoms with Gasteiger partial charge in [0.05, 0.1) is 29.1 Å². The zero-order valence-corrected chi connectivity index (χ0v) is 15.4. The second kappa shape index (κ2) is 7.37. The highest BCUT2D eigenvalue weighted by atomic mass is 32.2. The minimum Gasteiger partial charge on any atom is -0.497 e. The minimum absolute atomic E-state index is 0.143. The lowest BCUT2D eigenvalue weighted by molar-refractivity contribution is -0.115. The van der Waals surface area contributed by atoms with Gasteiger partial charge in [0.25, 0.3) is 0 Å². The molecule has 0 heterocycles. The van der Waals surface area contributed by atoms with Crippen molar-refractivity contribution in [1.29, 1.82) is 0 Å². The van der Waals surface area contributed by atoms with Crippen molar-refractivity contribution in [3.8, 4) is 5.75 Å². The topological polar surface area (TPSA) is 98.5 Å². The van der Waals surface area contributed by atoms with E-state index in [4.69, 9.17) is 10.5 Å². The van der Waals surface area contributed by atoms with E-state index >= 15 is 0 Å². The predicted molar refractivity (Wildman–Crippen MR) is 101 cm³/mol. The first-order chi connectivity index (χ1) is 12.4. The molecule has 6 nitrogen and oxygen atoms in total. The van der Waals surface area contributed by atoms with Gasteiger partial charge in [0.2, 0.25) is 5.91 Å². The maximum atomic E-state index is 12.5. The zero-order chi connectivity index (χ0) is 18.7. The highest BCUT2D eigenvalue weighted by Gasteiger charge is 2.20. The molecule has 26 heavy (non-hydrogen) atoms. The maximum Gasteiger partial charge on any atom is 0.225 e. The molecule has 7 heteroatoms. The third-order valence-corrected chi connectivity index (χ3v) is 6.28. The van der Waals surface area contributed by atoms with Crippen LogP contribution in [0.4, 0.5) is 11.4 Å². The molecule has 0 aromatic heterocycles. The van der Waals surface area contributed by atoms with Gasteiger partial charge >= 0.3 is 0 Å². The van der Waals surface area contributed by atoms with E-state index in [0.29, 0.717) is 17.1 Å². The molecule has 0 fully saturated rings. The number of nitrogens with two attached hydrogens (primary N) is 1. The molecule has 0 saturated heterocycles. The molecule has 0 aliphatic heterocycles. The van der Waals surface area contributed by atoms with Crippen LogP contribution in [-0.2, 0) is 27.5 Å². The number of amides is 1. The molecule has 0 bridgehead atoms. The Balaban J connectivity index is 1.65. The summed E-state index contributed by atoms with van der Waals surface area (Å²) >= 11 is 0. The lowest BCUT2D eigenvalue weighted by Crippen LogP contribution is -2.18. The number of fused-ring (bicyclic) bond motifs is 1. The first-order valence-electron chi connectivity index (χ1n) is 8.47. The van der Waals surface area contributed by atoms with Gasteiger partial charge in [0.1, 0.15) is 5.75 Å². The molecule has 1 aliphatic rings. The summed E-state index contributed by atoms with van der Waals surface area (Å²) in [4.78, 5) is 12.4. The average molecular weight is 374 g/mol. The Morgan fingerprint density at radius 2 is 1.92 bits per heavy atom. The summed E-state index contributed by atoms with van der Waals surface area (Å²) in [7, 11) is -1.99. The Hall–Kier alpha value is -2.54. The van der Waals surface area contributed by atoms with E-state index in [2.05, 4.69) is 5.32 Å². The van der Waals surface area contributed by atoms with E-state index in [9.17, 15) is 13.2 Å². The van der Waals surface area contributed by atoms with Crippen LogP contribution in [0.2, 0.25) is 0 Å². The van der Waals surface area contributed by atoms with E-state index in [1.54, 1.807) is 30.3 Å². The fourth-order valence-corrected chi connectivity index (χ4v) is 4.36. The quantitative estimate of drug-likeness (QED) is 0.757. The molecular weight excluding hydrogens is 352 g/mol. The van der Waals surface area contributed by atoms with Crippen molar-refractivity contribution in [2.75, 3.05) is 23.9 Å². The fourth-order valence-electron chi connectivity index (χ4n) is 3.07. The monoisotopic (exact) mass is 374 g/mol. The van der Waals surface area contributed by atoms with Gasteiger partial charge < -0.3 is 15.8 Å². The Morgan fingerprint density at radius 3 is 2.69 bits per heavy atom. The number of nitrogens with one attached hydrogen (secondary N) is 1. The smallest absolute Gasteiger partial charge is 0.225 e. The van der Waals surface area contributed by atoms with Crippen molar-refractivity contribution in [2.45, 2.75) is 30.6 Å². The molecule has 1 aliphatic carbocycles. The van der Waals surface area contributed by atoms with E-state index < -0.39 is 15.7 Å². The van der Waals surface area contributed by atoms with Crippen LogP contribution in [0.3, 0.4) is 0 Å². The molecule has 138 valence electrons. The molecule has 3 N–H and O–H groups in total. The third-order valence-electron chi connectivity index (χ3n) is 4.56. The third kappa shape index (κ3) is 3.99. The number of methoxy groups -OCH3 is 1. The summed E-state index contributed by atoms with van der Waals surface area (Å²) in [5, 5.41) is 2.64. The number of hydrogen-bond acceptors (Lipinski definition) is 5. The number of carbonyl (C=O) groups is 1. The molecule has 0 radical (unpaired) electrons. The van der Waals surface area contributed by atoms with Gasteiger partial charge in [-0.3, -0.25) is 4.79 Å². The van der Waals surface area contributed by atoms with Crippen molar-refractivity contribution in [2.24, 2.45) is 0 Å². The molecule has 3 rings (SSSR count). The Bertz CT molecular complexity index is 939. The summed E-state index contributed by atoms with van der Waals surface area (Å²) < 4.78 is 30.2. The van der Waals surface area contributed by atoms with Gasteiger partial charge in [0.15, 0.2) is 9.84 Å². The van der Waals surface area contributed by atoms with Crippen LogP contribution in [-0.4, -0.2) is 27.2 Å². The second-order valence-electron chi connectivity index (χ2n) is 6.35. The maximum absolute atomic E-state index is 12.5. The van der Waals surface area contributed by atoms with Gasteiger partial charge in [-0.05, 0) is 54.7 Å². The number of benzene rings is 2. The second-order valence-corrected chi connectivity index (χ2v) is 8.46. The zero-order valence-electron chi connectivity index (χ0n) is 14.6. The number of nitrogen functional groups attached to an aromatic ring is 1. The highest BCUT2D eigenvalue weighted by molar-refractivity contribution is 7.91. The molecule has 2 aromatic rings. The van der Waals surface area contributed by atoms with Gasteiger partial charge in [-0.15, -0.1) is 0 Å². The molecule has 0 spiro atoms. The lowest BCUT2D eigenvalue weighted by Gasteiger charge is -2.10. The Kier molecular flexibility index (Phi) is 5.18.